The third kappa shape index (κ3) is 5.02. The second-order valence-corrected chi connectivity index (χ2v) is 8.06. The molecule has 6 nitrogen and oxygen atoms in total. The SMILES string of the molecule is C/C=C\c1cc(C(=O)O)ccc1N1CC(C)N(C(=O)OC(C)(C)C)CC1C. The highest BCUT2D eigenvalue weighted by molar-refractivity contribution is 5.90. The topological polar surface area (TPSA) is 70.1 Å². The van der Waals surface area contributed by atoms with Gasteiger partial charge in [0, 0.05) is 30.9 Å². The Kier molecular flexibility index (Phi) is 6.19. The summed E-state index contributed by atoms with van der Waals surface area (Å²) >= 11 is 0. The van der Waals surface area contributed by atoms with Crippen LogP contribution in [0.3, 0.4) is 0 Å². The molecule has 0 aromatic heterocycles. The summed E-state index contributed by atoms with van der Waals surface area (Å²) in [7, 11) is 0. The molecule has 1 aliphatic heterocycles. The van der Waals surface area contributed by atoms with E-state index in [0.29, 0.717) is 13.1 Å². The Morgan fingerprint density at radius 1 is 1.19 bits per heavy atom. The standard InChI is InChI=1S/C21H30N2O4/c1-7-8-16-11-17(19(24)25)9-10-18(16)22-12-15(3)23(13-14(22)2)20(26)27-21(4,5)6/h7-11,14-15H,12-13H2,1-6H3,(H,24,25)/b8-7-. The Bertz CT molecular complexity index is 736. The van der Waals surface area contributed by atoms with Gasteiger partial charge in [-0.25, -0.2) is 9.59 Å². The fraction of sp³-hybridized carbons (Fsp3) is 0.524. The van der Waals surface area contributed by atoms with Gasteiger partial charge < -0.3 is 19.6 Å². The molecule has 0 aliphatic carbocycles. The van der Waals surface area contributed by atoms with Crippen molar-refractivity contribution < 1.29 is 19.4 Å². The van der Waals surface area contributed by atoms with E-state index in [1.807, 2.05) is 52.8 Å². The number of carboxylic acid groups (broad SMARTS) is 1. The van der Waals surface area contributed by atoms with Gasteiger partial charge in [-0.2, -0.15) is 0 Å². The number of allylic oxidation sites excluding steroid dienone is 1. The number of aromatic carboxylic acids is 1. The lowest BCUT2D eigenvalue weighted by Gasteiger charge is -2.45. The van der Waals surface area contributed by atoms with Gasteiger partial charge in [-0.15, -0.1) is 0 Å². The number of nitrogens with zero attached hydrogens (tertiary/aromatic N) is 2. The van der Waals surface area contributed by atoms with E-state index in [4.69, 9.17) is 4.74 Å². The lowest BCUT2D eigenvalue weighted by atomic mass is 10.0. The molecular formula is C21H30N2O4. The minimum Gasteiger partial charge on any atom is -0.478 e. The number of amides is 1. The summed E-state index contributed by atoms with van der Waals surface area (Å²) in [4.78, 5) is 27.8. The number of carbonyl (C=O) groups is 2. The number of carboxylic acids is 1. The van der Waals surface area contributed by atoms with Crippen molar-refractivity contribution >= 4 is 23.8 Å². The number of anilines is 1. The molecular weight excluding hydrogens is 344 g/mol. The molecule has 1 saturated heterocycles. The van der Waals surface area contributed by atoms with E-state index in [0.717, 1.165) is 11.3 Å². The van der Waals surface area contributed by atoms with Gasteiger partial charge in [0.25, 0.3) is 0 Å². The maximum Gasteiger partial charge on any atom is 0.410 e. The highest BCUT2D eigenvalue weighted by Crippen LogP contribution is 2.29. The van der Waals surface area contributed by atoms with Crippen LogP contribution in [-0.2, 0) is 4.74 Å². The van der Waals surface area contributed by atoms with Crippen LogP contribution in [0, 0.1) is 0 Å². The summed E-state index contributed by atoms with van der Waals surface area (Å²) in [5.74, 6) is -0.941. The van der Waals surface area contributed by atoms with E-state index >= 15 is 0 Å². The molecule has 2 unspecified atom stereocenters. The molecule has 1 aromatic carbocycles. The van der Waals surface area contributed by atoms with Crippen LogP contribution in [0.4, 0.5) is 10.5 Å². The Hall–Kier alpha value is -2.50. The Balaban J connectivity index is 2.27. The van der Waals surface area contributed by atoms with Crippen LogP contribution in [0.2, 0.25) is 0 Å². The van der Waals surface area contributed by atoms with Gasteiger partial charge in [0.15, 0.2) is 0 Å². The monoisotopic (exact) mass is 374 g/mol. The van der Waals surface area contributed by atoms with E-state index in [1.165, 1.54) is 0 Å². The van der Waals surface area contributed by atoms with E-state index in [1.54, 1.807) is 17.0 Å². The smallest absolute Gasteiger partial charge is 0.410 e. The predicted octanol–water partition coefficient (Wildman–Crippen LogP) is 4.25. The van der Waals surface area contributed by atoms with Gasteiger partial charge in [-0.05, 0) is 65.3 Å². The summed E-state index contributed by atoms with van der Waals surface area (Å²) in [5.41, 5.74) is 1.58. The van der Waals surface area contributed by atoms with Gasteiger partial charge >= 0.3 is 12.1 Å². The minimum atomic E-state index is -0.941. The van der Waals surface area contributed by atoms with Crippen molar-refractivity contribution in [3.63, 3.8) is 0 Å². The quantitative estimate of drug-likeness (QED) is 0.856. The van der Waals surface area contributed by atoms with Gasteiger partial charge in [0.05, 0.1) is 5.56 Å². The zero-order valence-corrected chi connectivity index (χ0v) is 17.0. The van der Waals surface area contributed by atoms with Crippen LogP contribution in [0.5, 0.6) is 0 Å². The van der Waals surface area contributed by atoms with Crippen molar-refractivity contribution in [1.29, 1.82) is 0 Å². The van der Waals surface area contributed by atoms with Crippen LogP contribution >= 0.6 is 0 Å². The predicted molar refractivity (Wildman–Crippen MR) is 107 cm³/mol. The van der Waals surface area contributed by atoms with Crippen LogP contribution in [0.25, 0.3) is 6.08 Å². The number of hydrogen-bond acceptors (Lipinski definition) is 4. The summed E-state index contributed by atoms with van der Waals surface area (Å²) in [6.07, 6.45) is 3.52. The summed E-state index contributed by atoms with van der Waals surface area (Å²) in [6, 6.07) is 5.23. The highest BCUT2D eigenvalue weighted by atomic mass is 16.6. The molecule has 2 atom stereocenters. The zero-order chi connectivity index (χ0) is 20.4. The van der Waals surface area contributed by atoms with Crippen molar-refractivity contribution in [2.45, 2.75) is 59.2 Å². The molecule has 0 bridgehead atoms. The van der Waals surface area contributed by atoms with Crippen LogP contribution in [-0.4, -0.2) is 52.8 Å². The van der Waals surface area contributed by atoms with Crippen LogP contribution in [0.15, 0.2) is 24.3 Å². The van der Waals surface area contributed by atoms with Crippen molar-refractivity contribution in [3.8, 4) is 0 Å². The number of ether oxygens (including phenoxy) is 1. The highest BCUT2D eigenvalue weighted by Gasteiger charge is 2.35. The number of rotatable bonds is 3. The number of carbonyl (C=O) groups excluding carboxylic acids is 1. The fourth-order valence-electron chi connectivity index (χ4n) is 3.30. The van der Waals surface area contributed by atoms with E-state index in [-0.39, 0.29) is 23.7 Å². The van der Waals surface area contributed by atoms with E-state index in [2.05, 4.69) is 11.8 Å². The molecule has 148 valence electrons. The first-order valence-electron chi connectivity index (χ1n) is 9.29. The third-order valence-corrected chi connectivity index (χ3v) is 4.54. The van der Waals surface area contributed by atoms with Crippen LogP contribution < -0.4 is 4.90 Å². The lowest BCUT2D eigenvalue weighted by Crippen LogP contribution is -2.59. The molecule has 1 amide bonds. The molecule has 27 heavy (non-hydrogen) atoms. The third-order valence-electron chi connectivity index (χ3n) is 4.54. The van der Waals surface area contributed by atoms with E-state index in [9.17, 15) is 14.7 Å². The Labute approximate surface area is 161 Å². The number of benzene rings is 1. The molecule has 2 rings (SSSR count). The number of hydrogen-bond donors (Lipinski definition) is 1. The second kappa shape index (κ2) is 8.03. The van der Waals surface area contributed by atoms with Crippen molar-refractivity contribution in [3.05, 3.63) is 35.4 Å². The fourth-order valence-corrected chi connectivity index (χ4v) is 3.30. The molecule has 1 aromatic rings. The number of piperazine rings is 1. The Morgan fingerprint density at radius 2 is 1.85 bits per heavy atom. The van der Waals surface area contributed by atoms with Crippen molar-refractivity contribution in [2.75, 3.05) is 18.0 Å². The van der Waals surface area contributed by atoms with Crippen LogP contribution in [0.1, 0.15) is 57.5 Å². The van der Waals surface area contributed by atoms with E-state index < -0.39 is 11.6 Å². The molecule has 1 aliphatic rings. The molecule has 1 fully saturated rings. The second-order valence-electron chi connectivity index (χ2n) is 8.06. The average Bonchev–Trinajstić information content (AvgIpc) is 2.55. The van der Waals surface area contributed by atoms with Gasteiger partial charge in [0.1, 0.15) is 5.60 Å². The lowest BCUT2D eigenvalue weighted by molar-refractivity contribution is 0.0130. The van der Waals surface area contributed by atoms with Crippen molar-refractivity contribution in [2.24, 2.45) is 0 Å². The zero-order valence-electron chi connectivity index (χ0n) is 17.0. The first kappa shape index (κ1) is 20.8. The minimum absolute atomic E-state index is 0.0198. The molecule has 0 spiro atoms. The molecule has 1 N–H and O–H groups in total. The largest absolute Gasteiger partial charge is 0.478 e. The van der Waals surface area contributed by atoms with Crippen molar-refractivity contribution in [1.82, 2.24) is 4.90 Å². The summed E-state index contributed by atoms with van der Waals surface area (Å²) in [6.45, 7) is 12.8. The normalized spacial score (nSPS) is 20.8. The molecule has 1 heterocycles. The summed E-state index contributed by atoms with van der Waals surface area (Å²) in [5, 5.41) is 9.27. The van der Waals surface area contributed by atoms with Gasteiger partial charge in [0.2, 0.25) is 0 Å². The van der Waals surface area contributed by atoms with Gasteiger partial charge in [-0.3, -0.25) is 0 Å². The molecule has 0 radical (unpaired) electrons. The summed E-state index contributed by atoms with van der Waals surface area (Å²) < 4.78 is 5.53. The molecule has 6 heteroatoms. The molecule has 0 saturated carbocycles. The average molecular weight is 374 g/mol. The maximum atomic E-state index is 12.5. The first-order valence-corrected chi connectivity index (χ1v) is 9.29. The maximum absolute atomic E-state index is 12.5. The Morgan fingerprint density at radius 3 is 2.41 bits per heavy atom. The first-order chi connectivity index (χ1) is 12.5. The van der Waals surface area contributed by atoms with Gasteiger partial charge in [-0.1, -0.05) is 12.2 Å².